The monoisotopic (exact) mass is 263 g/mol. The third-order valence-corrected chi connectivity index (χ3v) is 2.94. The zero-order valence-corrected chi connectivity index (χ0v) is 10.7. The normalized spacial score (nSPS) is 13.9. The van der Waals surface area contributed by atoms with Crippen LogP contribution in [0.3, 0.4) is 0 Å². The largest absolute Gasteiger partial charge is 0.384 e. The predicted octanol–water partition coefficient (Wildman–Crippen LogP) is 2.45. The van der Waals surface area contributed by atoms with Gasteiger partial charge in [0.2, 0.25) is 5.95 Å². The minimum atomic E-state index is -1.09. The van der Waals surface area contributed by atoms with Crippen molar-refractivity contribution in [3.05, 3.63) is 53.3 Å². The Kier molecular flexibility index (Phi) is 3.79. The highest BCUT2D eigenvalue weighted by molar-refractivity contribution is 6.31. The fraction of sp³-hybridized carbons (Fsp3) is 0.231. The number of nitrogens with zero attached hydrogens (tertiary/aromatic N) is 2. The van der Waals surface area contributed by atoms with Crippen LogP contribution in [0.5, 0.6) is 0 Å². The molecule has 0 fully saturated rings. The third-order valence-electron chi connectivity index (χ3n) is 2.61. The molecule has 1 unspecified atom stereocenters. The van der Waals surface area contributed by atoms with Crippen LogP contribution in [-0.2, 0) is 5.60 Å². The molecule has 5 heteroatoms. The molecule has 2 rings (SSSR count). The Balaban J connectivity index is 2.11. The summed E-state index contributed by atoms with van der Waals surface area (Å²) >= 11 is 6.07. The molecule has 2 aromatic rings. The van der Waals surface area contributed by atoms with Crippen LogP contribution < -0.4 is 5.32 Å². The standard InChI is InChI=1S/C13H14ClN3O/c1-13(18,10-5-2-3-6-11(10)14)9-17-12-15-7-4-8-16-12/h2-8,18H,9H2,1H3,(H,15,16,17). The van der Waals surface area contributed by atoms with E-state index in [1.807, 2.05) is 12.1 Å². The summed E-state index contributed by atoms with van der Waals surface area (Å²) in [5.41, 5.74) is -0.410. The minimum absolute atomic E-state index is 0.279. The van der Waals surface area contributed by atoms with Crippen LogP contribution in [0.15, 0.2) is 42.7 Å². The van der Waals surface area contributed by atoms with Gasteiger partial charge in [-0.1, -0.05) is 29.8 Å². The van der Waals surface area contributed by atoms with Crippen molar-refractivity contribution in [2.45, 2.75) is 12.5 Å². The van der Waals surface area contributed by atoms with Gasteiger partial charge in [0.05, 0.1) is 6.54 Å². The van der Waals surface area contributed by atoms with E-state index < -0.39 is 5.60 Å². The van der Waals surface area contributed by atoms with Gasteiger partial charge in [0.15, 0.2) is 0 Å². The molecule has 0 aliphatic heterocycles. The van der Waals surface area contributed by atoms with Gasteiger partial charge in [-0.25, -0.2) is 9.97 Å². The molecular formula is C13H14ClN3O. The molecule has 0 aliphatic carbocycles. The summed E-state index contributed by atoms with van der Waals surface area (Å²) in [6.07, 6.45) is 3.28. The zero-order valence-electron chi connectivity index (χ0n) is 9.97. The number of nitrogens with one attached hydrogen (secondary N) is 1. The van der Waals surface area contributed by atoms with Crippen molar-refractivity contribution in [1.82, 2.24) is 9.97 Å². The second kappa shape index (κ2) is 5.33. The number of halogens is 1. The number of hydrogen-bond acceptors (Lipinski definition) is 4. The first-order chi connectivity index (χ1) is 8.59. The molecule has 0 radical (unpaired) electrons. The molecule has 94 valence electrons. The number of anilines is 1. The quantitative estimate of drug-likeness (QED) is 0.890. The average molecular weight is 264 g/mol. The van der Waals surface area contributed by atoms with E-state index in [0.29, 0.717) is 16.5 Å². The Morgan fingerprint density at radius 2 is 1.89 bits per heavy atom. The van der Waals surface area contributed by atoms with Crippen molar-refractivity contribution in [3.63, 3.8) is 0 Å². The Labute approximate surface area is 111 Å². The highest BCUT2D eigenvalue weighted by atomic mass is 35.5. The number of aliphatic hydroxyl groups is 1. The number of aromatic nitrogens is 2. The molecule has 0 spiro atoms. The molecule has 0 bridgehead atoms. The van der Waals surface area contributed by atoms with Crippen LogP contribution >= 0.6 is 11.6 Å². The van der Waals surface area contributed by atoms with Gasteiger partial charge in [0.25, 0.3) is 0 Å². The molecule has 0 saturated carbocycles. The van der Waals surface area contributed by atoms with Crippen molar-refractivity contribution < 1.29 is 5.11 Å². The van der Waals surface area contributed by atoms with Crippen LogP contribution in [0.25, 0.3) is 0 Å². The van der Waals surface area contributed by atoms with E-state index in [4.69, 9.17) is 11.6 Å². The van der Waals surface area contributed by atoms with Gasteiger partial charge in [-0.05, 0) is 19.1 Å². The van der Waals surface area contributed by atoms with Crippen molar-refractivity contribution in [2.75, 3.05) is 11.9 Å². The van der Waals surface area contributed by atoms with E-state index in [1.165, 1.54) is 0 Å². The first-order valence-electron chi connectivity index (χ1n) is 5.58. The maximum Gasteiger partial charge on any atom is 0.222 e. The Morgan fingerprint density at radius 3 is 2.56 bits per heavy atom. The number of rotatable bonds is 4. The second-order valence-corrected chi connectivity index (χ2v) is 4.59. The van der Waals surface area contributed by atoms with E-state index >= 15 is 0 Å². The van der Waals surface area contributed by atoms with Crippen LogP contribution in [0, 0.1) is 0 Å². The third kappa shape index (κ3) is 2.97. The molecule has 1 atom stereocenters. The van der Waals surface area contributed by atoms with Crippen molar-refractivity contribution in [2.24, 2.45) is 0 Å². The molecule has 1 aromatic heterocycles. The topological polar surface area (TPSA) is 58.0 Å². The van der Waals surface area contributed by atoms with Crippen LogP contribution in [0.1, 0.15) is 12.5 Å². The maximum absolute atomic E-state index is 10.4. The first kappa shape index (κ1) is 12.8. The second-order valence-electron chi connectivity index (χ2n) is 4.18. The first-order valence-corrected chi connectivity index (χ1v) is 5.96. The lowest BCUT2D eigenvalue weighted by atomic mass is 9.96. The molecule has 2 N–H and O–H groups in total. The molecule has 0 aliphatic rings. The van der Waals surface area contributed by atoms with E-state index in [9.17, 15) is 5.11 Å². The van der Waals surface area contributed by atoms with Crippen molar-refractivity contribution in [1.29, 1.82) is 0 Å². The van der Waals surface area contributed by atoms with Crippen molar-refractivity contribution in [3.8, 4) is 0 Å². The van der Waals surface area contributed by atoms with Gasteiger partial charge >= 0.3 is 0 Å². The van der Waals surface area contributed by atoms with Gasteiger partial charge in [-0.15, -0.1) is 0 Å². The lowest BCUT2D eigenvalue weighted by Crippen LogP contribution is -2.31. The molecule has 4 nitrogen and oxygen atoms in total. The van der Waals surface area contributed by atoms with Gasteiger partial charge < -0.3 is 10.4 Å². The Bertz CT molecular complexity index is 517. The zero-order chi connectivity index (χ0) is 13.0. The molecule has 1 heterocycles. The maximum atomic E-state index is 10.4. The molecule has 0 amide bonds. The van der Waals surface area contributed by atoms with E-state index in [1.54, 1.807) is 37.5 Å². The Hall–Kier alpha value is -1.65. The summed E-state index contributed by atoms with van der Waals surface area (Å²) in [6.45, 7) is 1.98. The highest BCUT2D eigenvalue weighted by Gasteiger charge is 2.25. The summed E-state index contributed by atoms with van der Waals surface area (Å²) in [4.78, 5) is 8.06. The number of hydrogen-bond donors (Lipinski definition) is 2. The Morgan fingerprint density at radius 1 is 1.22 bits per heavy atom. The van der Waals surface area contributed by atoms with Crippen LogP contribution in [-0.4, -0.2) is 21.6 Å². The van der Waals surface area contributed by atoms with Gasteiger partial charge in [0.1, 0.15) is 5.60 Å². The predicted molar refractivity (Wildman–Crippen MR) is 71.5 cm³/mol. The average Bonchev–Trinajstić information content (AvgIpc) is 2.38. The molecule has 18 heavy (non-hydrogen) atoms. The minimum Gasteiger partial charge on any atom is -0.384 e. The number of benzene rings is 1. The van der Waals surface area contributed by atoms with Crippen LogP contribution in [0.4, 0.5) is 5.95 Å². The lowest BCUT2D eigenvalue weighted by molar-refractivity contribution is 0.0714. The fourth-order valence-electron chi connectivity index (χ4n) is 1.63. The fourth-order valence-corrected chi connectivity index (χ4v) is 1.97. The molecule has 0 saturated heterocycles. The smallest absolute Gasteiger partial charge is 0.222 e. The van der Waals surface area contributed by atoms with Gasteiger partial charge in [0, 0.05) is 23.0 Å². The van der Waals surface area contributed by atoms with E-state index in [2.05, 4.69) is 15.3 Å². The highest BCUT2D eigenvalue weighted by Crippen LogP contribution is 2.27. The van der Waals surface area contributed by atoms with Gasteiger partial charge in [-0.3, -0.25) is 0 Å². The summed E-state index contributed by atoms with van der Waals surface area (Å²) in [6, 6.07) is 8.96. The van der Waals surface area contributed by atoms with E-state index in [0.717, 1.165) is 0 Å². The summed E-state index contributed by atoms with van der Waals surface area (Å²) in [5, 5.41) is 13.9. The molecular weight excluding hydrogens is 250 g/mol. The van der Waals surface area contributed by atoms with Gasteiger partial charge in [-0.2, -0.15) is 0 Å². The summed E-state index contributed by atoms with van der Waals surface area (Å²) in [7, 11) is 0. The van der Waals surface area contributed by atoms with E-state index in [-0.39, 0.29) is 6.54 Å². The summed E-state index contributed by atoms with van der Waals surface area (Å²) in [5.74, 6) is 0.477. The van der Waals surface area contributed by atoms with Crippen molar-refractivity contribution >= 4 is 17.5 Å². The SMILES string of the molecule is CC(O)(CNc1ncccn1)c1ccccc1Cl. The van der Waals surface area contributed by atoms with Crippen LogP contribution in [0.2, 0.25) is 5.02 Å². The lowest BCUT2D eigenvalue weighted by Gasteiger charge is -2.25. The molecule has 1 aromatic carbocycles. The summed E-state index contributed by atoms with van der Waals surface area (Å²) < 4.78 is 0.